The Morgan fingerprint density at radius 1 is 0.917 bits per heavy atom. The largest absolute Gasteiger partial charge is 0.573 e. The lowest BCUT2D eigenvalue weighted by Crippen LogP contribution is -2.34. The van der Waals surface area contributed by atoms with Gasteiger partial charge in [-0.15, -0.1) is 13.2 Å². The number of benzene rings is 2. The number of fused-ring (bicyclic) bond motifs is 1. The summed E-state index contributed by atoms with van der Waals surface area (Å²) < 4.78 is 40.3. The van der Waals surface area contributed by atoms with Crippen molar-refractivity contribution in [3.05, 3.63) is 65.2 Å². The zero-order chi connectivity index (χ0) is 17.5. The van der Waals surface area contributed by atoms with Crippen molar-refractivity contribution in [3.63, 3.8) is 0 Å². The molecule has 0 saturated heterocycles. The zero-order valence-electron chi connectivity index (χ0n) is 12.1. The first-order valence-corrected chi connectivity index (χ1v) is 6.90. The maximum absolute atomic E-state index is 12.6. The predicted molar refractivity (Wildman–Crippen MR) is 78.7 cm³/mol. The van der Waals surface area contributed by atoms with Crippen LogP contribution in [0.25, 0.3) is 0 Å². The van der Waals surface area contributed by atoms with E-state index < -0.39 is 35.3 Å². The van der Waals surface area contributed by atoms with E-state index in [9.17, 15) is 22.8 Å². The normalized spacial score (nSPS) is 17.6. The molecule has 1 aliphatic rings. The minimum absolute atomic E-state index is 0.167. The predicted octanol–water partition coefficient (Wildman–Crippen LogP) is 3.77. The molecule has 0 bridgehead atoms. The third-order valence-electron chi connectivity index (χ3n) is 3.68. The first-order valence-electron chi connectivity index (χ1n) is 6.90. The summed E-state index contributed by atoms with van der Waals surface area (Å²) in [5, 5.41) is 7.97. The molecule has 0 amide bonds. The average Bonchev–Trinajstić information content (AvgIpc) is 2.53. The topological polar surface area (TPSA) is 67.2 Å². The van der Waals surface area contributed by atoms with E-state index in [0.717, 1.165) is 12.1 Å². The number of rotatable bonds is 2. The van der Waals surface area contributed by atoms with Crippen LogP contribution >= 0.6 is 0 Å². The van der Waals surface area contributed by atoms with Crippen molar-refractivity contribution in [3.8, 4) is 5.75 Å². The van der Waals surface area contributed by atoms with Crippen LogP contribution in [0.3, 0.4) is 0 Å². The molecular formula is C17H10F3NO3. The van der Waals surface area contributed by atoms with E-state index in [4.69, 9.17) is 5.41 Å². The van der Waals surface area contributed by atoms with Crippen LogP contribution in [0, 0.1) is 5.41 Å². The first kappa shape index (κ1) is 15.9. The summed E-state index contributed by atoms with van der Waals surface area (Å²) in [6.07, 6.45) is -4.82. The van der Waals surface area contributed by atoms with Gasteiger partial charge in [-0.3, -0.25) is 9.59 Å². The van der Waals surface area contributed by atoms with Crippen LogP contribution < -0.4 is 4.74 Å². The SMILES string of the molecule is N=C1C(=O)c2ccccc2C(=O)C1c1ccc(OC(F)(F)F)cc1. The molecule has 0 radical (unpaired) electrons. The van der Waals surface area contributed by atoms with Gasteiger partial charge < -0.3 is 10.1 Å². The summed E-state index contributed by atoms with van der Waals surface area (Å²) in [7, 11) is 0. The van der Waals surface area contributed by atoms with E-state index in [0.29, 0.717) is 0 Å². The number of carbonyl (C=O) groups is 2. The van der Waals surface area contributed by atoms with Crippen molar-refractivity contribution in [2.24, 2.45) is 0 Å². The average molecular weight is 333 g/mol. The van der Waals surface area contributed by atoms with E-state index in [1.807, 2.05) is 0 Å². The summed E-state index contributed by atoms with van der Waals surface area (Å²) >= 11 is 0. The van der Waals surface area contributed by atoms with Gasteiger partial charge in [-0.1, -0.05) is 36.4 Å². The molecule has 1 atom stereocenters. The molecule has 2 aromatic rings. The third kappa shape index (κ3) is 2.80. The molecule has 7 heteroatoms. The molecule has 1 unspecified atom stereocenters. The van der Waals surface area contributed by atoms with Gasteiger partial charge in [0.2, 0.25) is 5.78 Å². The Morgan fingerprint density at radius 3 is 2.08 bits per heavy atom. The molecule has 0 saturated carbocycles. The summed E-state index contributed by atoms with van der Waals surface area (Å²) in [5.41, 5.74) is 0.241. The lowest BCUT2D eigenvalue weighted by atomic mass is 9.77. The van der Waals surface area contributed by atoms with Crippen molar-refractivity contribution < 1.29 is 27.5 Å². The molecule has 122 valence electrons. The second-order valence-electron chi connectivity index (χ2n) is 5.20. The smallest absolute Gasteiger partial charge is 0.406 e. The highest BCUT2D eigenvalue weighted by Gasteiger charge is 2.38. The minimum atomic E-state index is -4.82. The van der Waals surface area contributed by atoms with Gasteiger partial charge in [0.05, 0.1) is 11.6 Å². The third-order valence-corrected chi connectivity index (χ3v) is 3.68. The fourth-order valence-corrected chi connectivity index (χ4v) is 2.64. The summed E-state index contributed by atoms with van der Waals surface area (Å²) in [6, 6.07) is 10.8. The van der Waals surface area contributed by atoms with Crippen molar-refractivity contribution in [1.82, 2.24) is 0 Å². The maximum Gasteiger partial charge on any atom is 0.573 e. The Labute approximate surface area is 134 Å². The highest BCUT2D eigenvalue weighted by molar-refractivity contribution is 6.54. The van der Waals surface area contributed by atoms with E-state index in [2.05, 4.69) is 4.74 Å². The van der Waals surface area contributed by atoms with Crippen LogP contribution in [-0.4, -0.2) is 23.6 Å². The van der Waals surface area contributed by atoms with Gasteiger partial charge in [-0.05, 0) is 17.7 Å². The van der Waals surface area contributed by atoms with Gasteiger partial charge in [0.25, 0.3) is 0 Å². The fourth-order valence-electron chi connectivity index (χ4n) is 2.64. The number of ketones is 2. The van der Waals surface area contributed by atoms with Crippen LogP contribution in [0.5, 0.6) is 5.75 Å². The highest BCUT2D eigenvalue weighted by atomic mass is 19.4. The van der Waals surface area contributed by atoms with Gasteiger partial charge in [0.15, 0.2) is 5.78 Å². The lowest BCUT2D eigenvalue weighted by Gasteiger charge is -2.23. The van der Waals surface area contributed by atoms with Crippen LogP contribution in [0.4, 0.5) is 13.2 Å². The molecule has 24 heavy (non-hydrogen) atoms. The van der Waals surface area contributed by atoms with E-state index in [-0.39, 0.29) is 16.7 Å². The highest BCUT2D eigenvalue weighted by Crippen LogP contribution is 2.32. The molecule has 0 aromatic heterocycles. The van der Waals surface area contributed by atoms with Crippen LogP contribution in [-0.2, 0) is 0 Å². The molecule has 3 rings (SSSR count). The van der Waals surface area contributed by atoms with Gasteiger partial charge in [-0.2, -0.15) is 0 Å². The molecule has 0 spiro atoms. The number of halogens is 3. The number of hydrogen-bond donors (Lipinski definition) is 1. The second-order valence-corrected chi connectivity index (χ2v) is 5.20. The molecule has 0 fully saturated rings. The van der Waals surface area contributed by atoms with E-state index in [1.165, 1.54) is 24.3 Å². The van der Waals surface area contributed by atoms with E-state index >= 15 is 0 Å². The van der Waals surface area contributed by atoms with Crippen molar-refractivity contribution in [1.29, 1.82) is 5.41 Å². The molecule has 1 N–H and O–H groups in total. The minimum Gasteiger partial charge on any atom is -0.406 e. The maximum atomic E-state index is 12.6. The number of nitrogens with one attached hydrogen (secondary N) is 1. The number of ether oxygens (including phenoxy) is 1. The quantitative estimate of drug-likeness (QED) is 0.910. The van der Waals surface area contributed by atoms with Crippen LogP contribution in [0.1, 0.15) is 32.2 Å². The van der Waals surface area contributed by atoms with Crippen molar-refractivity contribution >= 4 is 17.3 Å². The van der Waals surface area contributed by atoms with Crippen LogP contribution in [0.2, 0.25) is 0 Å². The van der Waals surface area contributed by atoms with Gasteiger partial charge in [0, 0.05) is 11.1 Å². The Morgan fingerprint density at radius 2 is 1.50 bits per heavy atom. The standard InChI is InChI=1S/C17H10F3NO3/c18-17(19,20)24-10-7-5-9(6-8-10)13-14(21)16(23)12-4-2-1-3-11(12)15(13)22/h1-8,13,21H. The fraction of sp³-hybridized carbons (Fsp3) is 0.118. The molecule has 1 aliphatic carbocycles. The Kier molecular flexibility index (Phi) is 3.71. The summed E-state index contributed by atoms with van der Waals surface area (Å²) in [5.74, 6) is -2.56. The van der Waals surface area contributed by atoms with Crippen molar-refractivity contribution in [2.75, 3.05) is 0 Å². The summed E-state index contributed by atoms with van der Waals surface area (Å²) in [6.45, 7) is 0. The molecule has 4 nitrogen and oxygen atoms in total. The van der Waals surface area contributed by atoms with E-state index in [1.54, 1.807) is 12.1 Å². The molecule has 0 heterocycles. The number of Topliss-reactive ketones (excluding diaryl/α,β-unsaturated/α-hetero) is 2. The monoisotopic (exact) mass is 333 g/mol. The van der Waals surface area contributed by atoms with Gasteiger partial charge >= 0.3 is 6.36 Å². The van der Waals surface area contributed by atoms with Crippen LogP contribution in [0.15, 0.2) is 48.5 Å². The van der Waals surface area contributed by atoms with Gasteiger partial charge in [-0.25, -0.2) is 0 Å². The Bertz CT molecular complexity index is 841. The number of hydrogen-bond acceptors (Lipinski definition) is 4. The molecule has 2 aromatic carbocycles. The van der Waals surface area contributed by atoms with Gasteiger partial charge in [0.1, 0.15) is 5.75 Å². The lowest BCUT2D eigenvalue weighted by molar-refractivity contribution is -0.274. The number of alkyl halides is 3. The first-order chi connectivity index (χ1) is 11.3. The summed E-state index contributed by atoms with van der Waals surface area (Å²) in [4.78, 5) is 24.8. The molecular weight excluding hydrogens is 323 g/mol. The Hall–Kier alpha value is -2.96. The van der Waals surface area contributed by atoms with Crippen molar-refractivity contribution in [2.45, 2.75) is 12.3 Å². The molecule has 0 aliphatic heterocycles. The number of carbonyl (C=O) groups excluding carboxylic acids is 2. The second kappa shape index (κ2) is 5.59. The zero-order valence-corrected chi connectivity index (χ0v) is 12.1. The Balaban J connectivity index is 1.96.